The summed E-state index contributed by atoms with van der Waals surface area (Å²) in [4.78, 5) is 2.44. The van der Waals surface area contributed by atoms with Gasteiger partial charge in [0.1, 0.15) is 5.82 Å². The van der Waals surface area contributed by atoms with Gasteiger partial charge < -0.3 is 5.32 Å². The molecule has 4 nitrogen and oxygen atoms in total. The molecular formula is C20H25F3N4. The Balaban J connectivity index is 1.67. The van der Waals surface area contributed by atoms with Crippen molar-refractivity contribution in [3.63, 3.8) is 0 Å². The normalized spacial score (nSPS) is 18.6. The van der Waals surface area contributed by atoms with Crippen molar-refractivity contribution in [3.8, 4) is 5.69 Å². The Morgan fingerprint density at radius 2 is 1.70 bits per heavy atom. The third-order valence-electron chi connectivity index (χ3n) is 5.47. The summed E-state index contributed by atoms with van der Waals surface area (Å²) in [7, 11) is 0. The van der Waals surface area contributed by atoms with Gasteiger partial charge in [-0.05, 0) is 69.5 Å². The van der Waals surface area contributed by atoms with Crippen LogP contribution in [0.4, 0.5) is 19.0 Å². The van der Waals surface area contributed by atoms with Gasteiger partial charge in [0, 0.05) is 18.7 Å². The Kier molecular flexibility index (Phi) is 5.12. The van der Waals surface area contributed by atoms with E-state index in [-0.39, 0.29) is 0 Å². The van der Waals surface area contributed by atoms with Crippen LogP contribution in [-0.2, 0) is 19.1 Å². The van der Waals surface area contributed by atoms with E-state index in [1.165, 1.54) is 37.0 Å². The van der Waals surface area contributed by atoms with Crippen molar-refractivity contribution >= 4 is 5.82 Å². The molecule has 0 spiro atoms. The molecule has 2 aliphatic rings. The SMILES string of the molecule is FC(F)(F)c1ccc(-n2nc(CN3CCCCC3)c3c2NCCCC3)cc1. The van der Waals surface area contributed by atoms with Gasteiger partial charge in [-0.25, -0.2) is 4.68 Å². The fraction of sp³-hybridized carbons (Fsp3) is 0.550. The van der Waals surface area contributed by atoms with Crippen LogP contribution >= 0.6 is 0 Å². The first-order valence-electron chi connectivity index (χ1n) is 9.77. The van der Waals surface area contributed by atoms with Crippen LogP contribution in [0.25, 0.3) is 5.69 Å². The lowest BCUT2D eigenvalue weighted by atomic mass is 10.1. The van der Waals surface area contributed by atoms with Crippen LogP contribution < -0.4 is 5.32 Å². The zero-order chi connectivity index (χ0) is 18.9. The molecule has 0 bridgehead atoms. The van der Waals surface area contributed by atoms with Crippen molar-refractivity contribution in [3.05, 3.63) is 41.1 Å². The van der Waals surface area contributed by atoms with E-state index >= 15 is 0 Å². The average molecular weight is 378 g/mol. The summed E-state index contributed by atoms with van der Waals surface area (Å²) >= 11 is 0. The van der Waals surface area contributed by atoms with E-state index in [4.69, 9.17) is 5.10 Å². The number of anilines is 1. The second kappa shape index (κ2) is 7.54. The third-order valence-corrected chi connectivity index (χ3v) is 5.47. The number of rotatable bonds is 3. The van der Waals surface area contributed by atoms with Crippen molar-refractivity contribution in [2.45, 2.75) is 51.2 Å². The van der Waals surface area contributed by atoms with E-state index in [0.29, 0.717) is 5.69 Å². The monoisotopic (exact) mass is 378 g/mol. The lowest BCUT2D eigenvalue weighted by Crippen LogP contribution is -2.29. The summed E-state index contributed by atoms with van der Waals surface area (Å²) in [5, 5.41) is 8.28. The number of aromatic nitrogens is 2. The van der Waals surface area contributed by atoms with E-state index in [1.807, 2.05) is 0 Å². The molecule has 0 atom stereocenters. The van der Waals surface area contributed by atoms with Crippen molar-refractivity contribution in [1.82, 2.24) is 14.7 Å². The number of hydrogen-bond acceptors (Lipinski definition) is 3. The molecule has 1 fully saturated rings. The molecule has 0 amide bonds. The smallest absolute Gasteiger partial charge is 0.370 e. The maximum atomic E-state index is 12.9. The van der Waals surface area contributed by atoms with Crippen LogP contribution in [0.1, 0.15) is 48.9 Å². The fourth-order valence-corrected chi connectivity index (χ4v) is 4.01. The number of likely N-dealkylation sites (tertiary alicyclic amines) is 1. The maximum Gasteiger partial charge on any atom is 0.416 e. The molecule has 2 aliphatic heterocycles. The van der Waals surface area contributed by atoms with E-state index in [9.17, 15) is 13.2 Å². The van der Waals surface area contributed by atoms with Crippen molar-refractivity contribution in [2.24, 2.45) is 0 Å². The molecule has 1 aromatic heterocycles. The first-order valence-corrected chi connectivity index (χ1v) is 9.77. The first-order chi connectivity index (χ1) is 13.0. The van der Waals surface area contributed by atoms with Crippen molar-refractivity contribution < 1.29 is 13.2 Å². The Morgan fingerprint density at radius 3 is 2.41 bits per heavy atom. The molecule has 0 saturated carbocycles. The Bertz CT molecular complexity index is 774. The van der Waals surface area contributed by atoms with Crippen LogP contribution in [0, 0.1) is 0 Å². The lowest BCUT2D eigenvalue weighted by molar-refractivity contribution is -0.137. The highest BCUT2D eigenvalue weighted by Crippen LogP contribution is 2.32. The van der Waals surface area contributed by atoms with Gasteiger partial charge in [-0.1, -0.05) is 6.42 Å². The van der Waals surface area contributed by atoms with Crippen molar-refractivity contribution in [1.29, 1.82) is 0 Å². The highest BCUT2D eigenvalue weighted by atomic mass is 19.4. The number of nitrogens with zero attached hydrogens (tertiary/aromatic N) is 3. The van der Waals surface area contributed by atoms with Crippen LogP contribution in [0.3, 0.4) is 0 Å². The number of nitrogens with one attached hydrogen (secondary N) is 1. The number of halogens is 3. The lowest BCUT2D eigenvalue weighted by Gasteiger charge is -2.25. The molecule has 0 radical (unpaired) electrons. The van der Waals surface area contributed by atoms with Gasteiger partial charge in [-0.2, -0.15) is 18.3 Å². The van der Waals surface area contributed by atoms with Crippen LogP contribution in [0.2, 0.25) is 0 Å². The quantitative estimate of drug-likeness (QED) is 0.846. The summed E-state index contributed by atoms with van der Waals surface area (Å²) in [5.74, 6) is 0.944. The molecule has 1 N–H and O–H groups in total. The molecule has 0 unspecified atom stereocenters. The number of hydrogen-bond donors (Lipinski definition) is 1. The molecule has 1 saturated heterocycles. The molecular weight excluding hydrogens is 353 g/mol. The molecule has 146 valence electrons. The van der Waals surface area contributed by atoms with E-state index < -0.39 is 11.7 Å². The number of piperidine rings is 1. The highest BCUT2D eigenvalue weighted by Gasteiger charge is 2.30. The first kappa shape index (κ1) is 18.3. The van der Waals surface area contributed by atoms with Gasteiger partial charge in [0.25, 0.3) is 0 Å². The van der Waals surface area contributed by atoms with Gasteiger partial charge in [0.15, 0.2) is 0 Å². The number of benzene rings is 1. The van der Waals surface area contributed by atoms with Crippen LogP contribution in [0.5, 0.6) is 0 Å². The third kappa shape index (κ3) is 3.98. The minimum Gasteiger partial charge on any atom is -0.370 e. The minimum absolute atomic E-state index is 0.633. The molecule has 4 rings (SSSR count). The van der Waals surface area contributed by atoms with E-state index in [0.717, 1.165) is 69.1 Å². The number of alkyl halides is 3. The van der Waals surface area contributed by atoms with E-state index in [1.54, 1.807) is 4.68 Å². The summed E-state index contributed by atoms with van der Waals surface area (Å²) < 4.78 is 40.4. The van der Waals surface area contributed by atoms with Gasteiger partial charge in [-0.15, -0.1) is 0 Å². The van der Waals surface area contributed by atoms with Crippen LogP contribution in [0.15, 0.2) is 24.3 Å². The summed E-state index contributed by atoms with van der Waals surface area (Å²) in [6.07, 6.45) is 2.57. The average Bonchev–Trinajstić information content (AvgIpc) is 2.83. The Hall–Kier alpha value is -2.02. The van der Waals surface area contributed by atoms with Gasteiger partial charge in [-0.3, -0.25) is 4.90 Å². The fourth-order valence-electron chi connectivity index (χ4n) is 4.01. The standard InChI is InChI=1S/C20H25F3N4/c21-20(22,23)15-7-9-16(10-8-15)27-19-17(6-2-3-11-24-19)18(25-27)14-26-12-4-1-5-13-26/h7-10,24H,1-6,11-14H2. The predicted octanol–water partition coefficient (Wildman–Crippen LogP) is 4.63. The van der Waals surface area contributed by atoms with E-state index in [2.05, 4.69) is 10.2 Å². The molecule has 1 aromatic carbocycles. The molecule has 7 heteroatoms. The summed E-state index contributed by atoms with van der Waals surface area (Å²) in [6, 6.07) is 5.27. The second-order valence-electron chi connectivity index (χ2n) is 7.45. The maximum absolute atomic E-state index is 12.9. The largest absolute Gasteiger partial charge is 0.416 e. The topological polar surface area (TPSA) is 33.1 Å². The Labute approximate surface area is 157 Å². The van der Waals surface area contributed by atoms with Gasteiger partial charge in [0.05, 0.1) is 16.9 Å². The van der Waals surface area contributed by atoms with Gasteiger partial charge in [0.2, 0.25) is 0 Å². The van der Waals surface area contributed by atoms with Crippen LogP contribution in [-0.4, -0.2) is 34.3 Å². The Morgan fingerprint density at radius 1 is 0.963 bits per heavy atom. The zero-order valence-corrected chi connectivity index (χ0v) is 15.4. The molecule has 0 aliphatic carbocycles. The number of fused-ring (bicyclic) bond motifs is 1. The predicted molar refractivity (Wildman–Crippen MR) is 99.1 cm³/mol. The second-order valence-corrected chi connectivity index (χ2v) is 7.45. The van der Waals surface area contributed by atoms with Gasteiger partial charge >= 0.3 is 6.18 Å². The summed E-state index contributed by atoms with van der Waals surface area (Å²) in [6.45, 7) is 3.87. The van der Waals surface area contributed by atoms with Crippen molar-refractivity contribution in [2.75, 3.05) is 25.0 Å². The molecule has 27 heavy (non-hydrogen) atoms. The highest BCUT2D eigenvalue weighted by molar-refractivity contribution is 5.54. The zero-order valence-electron chi connectivity index (χ0n) is 15.4. The molecule has 2 aromatic rings. The minimum atomic E-state index is -4.32. The summed E-state index contributed by atoms with van der Waals surface area (Å²) in [5.41, 5.74) is 2.31. The molecule has 3 heterocycles.